The molecule has 0 amide bonds. The van der Waals surface area contributed by atoms with Crippen LogP contribution in [-0.2, 0) is 0 Å². The smallest absolute Gasteiger partial charge is 0.166 e. The zero-order chi connectivity index (χ0) is 16.2. The second-order valence-corrected chi connectivity index (χ2v) is 6.53. The summed E-state index contributed by atoms with van der Waals surface area (Å²) in [6.45, 7) is 6.81. The standard InChI is InChI=1S/C21H32O/c1-4-5-6-7-9-13-19(18(2)3)16-12-17-21(22)20-14-10-8-11-15-20/h8,10-12,14-16,18-19H,4-7,9,13,17H2,1-3H3/b16-12+. The van der Waals surface area contributed by atoms with E-state index in [4.69, 9.17) is 0 Å². The van der Waals surface area contributed by atoms with Crippen molar-refractivity contribution >= 4 is 5.78 Å². The lowest BCUT2D eigenvalue weighted by atomic mass is 9.89. The minimum Gasteiger partial charge on any atom is -0.294 e. The molecule has 0 aromatic heterocycles. The molecule has 0 radical (unpaired) electrons. The highest BCUT2D eigenvalue weighted by atomic mass is 16.1. The predicted molar refractivity (Wildman–Crippen MR) is 96.2 cm³/mol. The van der Waals surface area contributed by atoms with Gasteiger partial charge in [-0.15, -0.1) is 0 Å². The third-order valence-electron chi connectivity index (χ3n) is 4.28. The van der Waals surface area contributed by atoms with Crippen LogP contribution >= 0.6 is 0 Å². The first kappa shape index (κ1) is 18.7. The van der Waals surface area contributed by atoms with Gasteiger partial charge in [0.15, 0.2) is 5.78 Å². The maximum absolute atomic E-state index is 12.1. The van der Waals surface area contributed by atoms with E-state index in [9.17, 15) is 4.79 Å². The summed E-state index contributed by atoms with van der Waals surface area (Å²) >= 11 is 0. The van der Waals surface area contributed by atoms with Gasteiger partial charge in [-0.05, 0) is 18.3 Å². The molecule has 0 bridgehead atoms. The van der Waals surface area contributed by atoms with E-state index >= 15 is 0 Å². The average molecular weight is 300 g/mol. The van der Waals surface area contributed by atoms with E-state index in [1.54, 1.807) is 0 Å². The van der Waals surface area contributed by atoms with Gasteiger partial charge in [-0.2, -0.15) is 0 Å². The van der Waals surface area contributed by atoms with E-state index in [1.807, 2.05) is 30.3 Å². The largest absolute Gasteiger partial charge is 0.294 e. The van der Waals surface area contributed by atoms with E-state index in [0.717, 1.165) is 5.56 Å². The minimum atomic E-state index is 0.210. The highest BCUT2D eigenvalue weighted by Gasteiger charge is 2.10. The van der Waals surface area contributed by atoms with Crippen molar-refractivity contribution in [2.24, 2.45) is 11.8 Å². The number of hydrogen-bond acceptors (Lipinski definition) is 1. The number of unbranched alkanes of at least 4 members (excludes halogenated alkanes) is 4. The van der Waals surface area contributed by atoms with E-state index < -0.39 is 0 Å². The van der Waals surface area contributed by atoms with Crippen molar-refractivity contribution < 1.29 is 4.79 Å². The van der Waals surface area contributed by atoms with Gasteiger partial charge in [0.25, 0.3) is 0 Å². The number of carbonyl (C=O) groups excluding carboxylic acids is 1. The monoisotopic (exact) mass is 300 g/mol. The number of Topliss-reactive ketones (excluding diaryl/α,β-unsaturated/α-hetero) is 1. The van der Waals surface area contributed by atoms with Gasteiger partial charge in [0, 0.05) is 12.0 Å². The molecule has 1 atom stereocenters. The predicted octanol–water partition coefficient (Wildman–Crippen LogP) is 6.45. The van der Waals surface area contributed by atoms with Crippen molar-refractivity contribution in [1.82, 2.24) is 0 Å². The summed E-state index contributed by atoms with van der Waals surface area (Å²) < 4.78 is 0. The lowest BCUT2D eigenvalue weighted by Gasteiger charge is -2.16. The molecule has 122 valence electrons. The zero-order valence-electron chi connectivity index (χ0n) is 14.6. The van der Waals surface area contributed by atoms with Crippen molar-refractivity contribution in [2.75, 3.05) is 0 Å². The van der Waals surface area contributed by atoms with Crippen molar-refractivity contribution in [3.8, 4) is 0 Å². The first-order valence-electron chi connectivity index (χ1n) is 8.90. The molecule has 0 saturated heterocycles. The number of hydrogen-bond donors (Lipinski definition) is 0. The molecule has 0 N–H and O–H groups in total. The lowest BCUT2D eigenvalue weighted by Crippen LogP contribution is -2.06. The van der Waals surface area contributed by atoms with Crippen LogP contribution in [0.3, 0.4) is 0 Å². The summed E-state index contributed by atoms with van der Waals surface area (Å²) in [5, 5.41) is 0. The molecule has 1 heteroatoms. The van der Waals surface area contributed by atoms with E-state index in [2.05, 4.69) is 32.9 Å². The van der Waals surface area contributed by atoms with Crippen LogP contribution in [0.4, 0.5) is 0 Å². The number of allylic oxidation sites excluding steroid dienone is 2. The van der Waals surface area contributed by atoms with Gasteiger partial charge in [0.2, 0.25) is 0 Å². The molecule has 1 aromatic carbocycles. The Morgan fingerprint density at radius 1 is 1.05 bits per heavy atom. The van der Waals surface area contributed by atoms with E-state index in [1.165, 1.54) is 38.5 Å². The SMILES string of the molecule is CCCCCCCC(/C=C/CC(=O)c1ccccc1)C(C)C. The lowest BCUT2D eigenvalue weighted by molar-refractivity contribution is 0.0995. The van der Waals surface area contributed by atoms with Crippen LogP contribution < -0.4 is 0 Å². The Morgan fingerprint density at radius 3 is 2.36 bits per heavy atom. The quantitative estimate of drug-likeness (QED) is 0.261. The van der Waals surface area contributed by atoms with Gasteiger partial charge in [-0.3, -0.25) is 4.79 Å². The summed E-state index contributed by atoms with van der Waals surface area (Å²) in [5.41, 5.74) is 0.813. The Balaban J connectivity index is 2.37. The summed E-state index contributed by atoms with van der Waals surface area (Å²) in [7, 11) is 0. The molecule has 0 fully saturated rings. The van der Waals surface area contributed by atoms with Gasteiger partial charge in [-0.25, -0.2) is 0 Å². The highest BCUT2D eigenvalue weighted by Crippen LogP contribution is 2.21. The molecule has 0 aliphatic heterocycles. The van der Waals surface area contributed by atoms with Crippen LogP contribution in [0, 0.1) is 11.8 Å². The van der Waals surface area contributed by atoms with Gasteiger partial charge in [-0.1, -0.05) is 95.4 Å². The van der Waals surface area contributed by atoms with Gasteiger partial charge in [0.05, 0.1) is 0 Å². The average Bonchev–Trinajstić information content (AvgIpc) is 2.53. The summed E-state index contributed by atoms with van der Waals surface area (Å²) in [6.07, 6.45) is 12.8. The molecule has 0 spiro atoms. The van der Waals surface area contributed by atoms with Gasteiger partial charge >= 0.3 is 0 Å². The van der Waals surface area contributed by atoms with Crippen molar-refractivity contribution in [3.63, 3.8) is 0 Å². The second-order valence-electron chi connectivity index (χ2n) is 6.53. The second kappa shape index (κ2) is 11.2. The number of carbonyl (C=O) groups is 1. The minimum absolute atomic E-state index is 0.210. The topological polar surface area (TPSA) is 17.1 Å². The summed E-state index contributed by atoms with van der Waals surface area (Å²) in [5.74, 6) is 1.46. The normalized spacial score (nSPS) is 12.9. The molecular formula is C21H32O. The third kappa shape index (κ3) is 7.59. The fraction of sp³-hybridized carbons (Fsp3) is 0.571. The van der Waals surface area contributed by atoms with Crippen LogP contribution in [0.5, 0.6) is 0 Å². The number of rotatable bonds is 11. The van der Waals surface area contributed by atoms with Crippen LogP contribution in [0.2, 0.25) is 0 Å². The highest BCUT2D eigenvalue weighted by molar-refractivity contribution is 5.96. The Kier molecular flexibility index (Phi) is 9.54. The maximum atomic E-state index is 12.1. The fourth-order valence-electron chi connectivity index (χ4n) is 2.73. The number of benzene rings is 1. The fourth-order valence-corrected chi connectivity index (χ4v) is 2.73. The van der Waals surface area contributed by atoms with Gasteiger partial charge < -0.3 is 0 Å². The van der Waals surface area contributed by atoms with E-state index in [0.29, 0.717) is 18.3 Å². The Morgan fingerprint density at radius 2 is 1.73 bits per heavy atom. The maximum Gasteiger partial charge on any atom is 0.166 e. The first-order chi connectivity index (χ1) is 10.6. The van der Waals surface area contributed by atoms with Gasteiger partial charge in [0.1, 0.15) is 0 Å². The van der Waals surface area contributed by atoms with Crippen LogP contribution in [0.25, 0.3) is 0 Å². The third-order valence-corrected chi connectivity index (χ3v) is 4.28. The molecule has 0 heterocycles. The molecule has 22 heavy (non-hydrogen) atoms. The zero-order valence-corrected chi connectivity index (χ0v) is 14.6. The van der Waals surface area contributed by atoms with Crippen LogP contribution in [-0.4, -0.2) is 5.78 Å². The van der Waals surface area contributed by atoms with Crippen molar-refractivity contribution in [3.05, 3.63) is 48.0 Å². The van der Waals surface area contributed by atoms with Crippen LogP contribution in [0.15, 0.2) is 42.5 Å². The molecule has 0 aliphatic carbocycles. The molecule has 1 nitrogen and oxygen atoms in total. The summed E-state index contributed by atoms with van der Waals surface area (Å²) in [6, 6.07) is 9.57. The molecular weight excluding hydrogens is 268 g/mol. The summed E-state index contributed by atoms with van der Waals surface area (Å²) in [4.78, 5) is 12.1. The molecule has 1 aromatic rings. The molecule has 1 unspecified atom stereocenters. The molecule has 1 rings (SSSR count). The Bertz CT molecular complexity index is 430. The molecule has 0 saturated carbocycles. The molecule has 0 aliphatic rings. The van der Waals surface area contributed by atoms with Crippen molar-refractivity contribution in [1.29, 1.82) is 0 Å². The Hall–Kier alpha value is -1.37. The first-order valence-corrected chi connectivity index (χ1v) is 8.90. The Labute approximate surface area is 136 Å². The van der Waals surface area contributed by atoms with Crippen LogP contribution in [0.1, 0.15) is 76.1 Å². The number of ketones is 1. The van der Waals surface area contributed by atoms with Crippen molar-refractivity contribution in [2.45, 2.75) is 65.7 Å². The van der Waals surface area contributed by atoms with E-state index in [-0.39, 0.29) is 5.78 Å².